The summed E-state index contributed by atoms with van der Waals surface area (Å²) in [6.45, 7) is 6.05. The molecule has 1 aromatic rings. The van der Waals surface area contributed by atoms with Crippen LogP contribution in [0.3, 0.4) is 0 Å². The van der Waals surface area contributed by atoms with Crippen molar-refractivity contribution in [3.05, 3.63) is 21.3 Å². The molecule has 1 aromatic heterocycles. The van der Waals surface area contributed by atoms with Crippen LogP contribution in [0.5, 0.6) is 0 Å². The highest BCUT2D eigenvalue weighted by molar-refractivity contribution is 7.16. The maximum atomic E-state index is 5.91. The Balaban J connectivity index is 2.42. The third kappa shape index (κ3) is 4.11. The summed E-state index contributed by atoms with van der Waals surface area (Å²) in [5.74, 6) is 0.486. The Morgan fingerprint density at radius 3 is 2.73 bits per heavy atom. The van der Waals surface area contributed by atoms with E-state index in [9.17, 15) is 0 Å². The predicted molar refractivity (Wildman–Crippen MR) is 67.1 cm³/mol. The van der Waals surface area contributed by atoms with Gasteiger partial charge in [0.2, 0.25) is 0 Å². The average molecular weight is 248 g/mol. The Kier molecular flexibility index (Phi) is 5.61. The summed E-state index contributed by atoms with van der Waals surface area (Å²) < 4.78 is 5.86. The van der Waals surface area contributed by atoms with Gasteiger partial charge in [-0.1, -0.05) is 18.5 Å². The molecule has 0 aliphatic heterocycles. The molecule has 86 valence electrons. The molecule has 1 rings (SSSR count). The van der Waals surface area contributed by atoms with Crippen LogP contribution in [0.25, 0.3) is 0 Å². The number of methoxy groups -OCH3 is 1. The van der Waals surface area contributed by atoms with Gasteiger partial charge in [-0.2, -0.15) is 0 Å². The van der Waals surface area contributed by atoms with Crippen LogP contribution in [0.1, 0.15) is 24.6 Å². The number of hydrogen-bond acceptors (Lipinski definition) is 3. The predicted octanol–water partition coefficient (Wildman–Crippen LogP) is 3.13. The zero-order valence-electron chi connectivity index (χ0n) is 9.42. The Morgan fingerprint density at radius 2 is 2.20 bits per heavy atom. The SMILES string of the molecule is COCCNC(C)C(C)c1ccc(Cl)s1. The van der Waals surface area contributed by atoms with Crippen molar-refractivity contribution >= 4 is 22.9 Å². The molecule has 0 aliphatic rings. The molecular formula is C11H18ClNOS. The Bertz CT molecular complexity index is 290. The minimum Gasteiger partial charge on any atom is -0.383 e. The maximum absolute atomic E-state index is 5.91. The molecule has 0 saturated heterocycles. The largest absolute Gasteiger partial charge is 0.383 e. The Hall–Kier alpha value is -0.0900. The van der Waals surface area contributed by atoms with Gasteiger partial charge in [0.1, 0.15) is 0 Å². The Morgan fingerprint density at radius 1 is 1.47 bits per heavy atom. The van der Waals surface area contributed by atoms with E-state index in [0.29, 0.717) is 12.0 Å². The molecule has 0 fully saturated rings. The number of thiophene rings is 1. The molecule has 0 aliphatic carbocycles. The van der Waals surface area contributed by atoms with Gasteiger partial charge in [-0.3, -0.25) is 0 Å². The summed E-state index contributed by atoms with van der Waals surface area (Å²) in [7, 11) is 1.72. The molecule has 0 bridgehead atoms. The smallest absolute Gasteiger partial charge is 0.0931 e. The summed E-state index contributed by atoms with van der Waals surface area (Å²) in [5.41, 5.74) is 0. The molecule has 1 heterocycles. The second-order valence-electron chi connectivity index (χ2n) is 3.67. The van der Waals surface area contributed by atoms with Crippen LogP contribution in [0, 0.1) is 0 Å². The highest BCUT2D eigenvalue weighted by atomic mass is 35.5. The van der Waals surface area contributed by atoms with Gasteiger partial charge in [0.15, 0.2) is 0 Å². The number of hydrogen-bond donors (Lipinski definition) is 1. The summed E-state index contributed by atoms with van der Waals surface area (Å²) in [4.78, 5) is 1.33. The van der Waals surface area contributed by atoms with Crippen LogP contribution in [-0.2, 0) is 4.74 Å². The van der Waals surface area contributed by atoms with Crippen molar-refractivity contribution in [2.45, 2.75) is 25.8 Å². The van der Waals surface area contributed by atoms with Gasteiger partial charge in [0.25, 0.3) is 0 Å². The molecule has 15 heavy (non-hydrogen) atoms. The zero-order valence-corrected chi connectivity index (χ0v) is 11.0. The van der Waals surface area contributed by atoms with E-state index >= 15 is 0 Å². The van der Waals surface area contributed by atoms with Crippen molar-refractivity contribution < 1.29 is 4.74 Å². The first-order chi connectivity index (χ1) is 7.15. The molecule has 1 N–H and O–H groups in total. The maximum Gasteiger partial charge on any atom is 0.0931 e. The van der Waals surface area contributed by atoms with Crippen molar-refractivity contribution in [2.24, 2.45) is 0 Å². The van der Waals surface area contributed by atoms with Gasteiger partial charge in [-0.05, 0) is 19.1 Å². The van der Waals surface area contributed by atoms with Crippen molar-refractivity contribution in [3.8, 4) is 0 Å². The lowest BCUT2D eigenvalue weighted by molar-refractivity contribution is 0.195. The van der Waals surface area contributed by atoms with E-state index in [2.05, 4.69) is 25.2 Å². The lowest BCUT2D eigenvalue weighted by atomic mass is 10.0. The van der Waals surface area contributed by atoms with E-state index in [0.717, 1.165) is 17.5 Å². The quantitative estimate of drug-likeness (QED) is 0.780. The van der Waals surface area contributed by atoms with Gasteiger partial charge < -0.3 is 10.1 Å². The molecule has 0 radical (unpaired) electrons. The van der Waals surface area contributed by atoms with Crippen LogP contribution < -0.4 is 5.32 Å². The van der Waals surface area contributed by atoms with Gasteiger partial charge in [-0.25, -0.2) is 0 Å². The fourth-order valence-corrected chi connectivity index (χ4v) is 2.60. The topological polar surface area (TPSA) is 21.3 Å². The van der Waals surface area contributed by atoms with Gasteiger partial charge in [0, 0.05) is 30.5 Å². The van der Waals surface area contributed by atoms with Crippen molar-refractivity contribution in [1.29, 1.82) is 0 Å². The monoisotopic (exact) mass is 247 g/mol. The molecule has 0 saturated carbocycles. The van der Waals surface area contributed by atoms with E-state index in [-0.39, 0.29) is 0 Å². The van der Waals surface area contributed by atoms with E-state index < -0.39 is 0 Å². The number of nitrogens with one attached hydrogen (secondary N) is 1. The summed E-state index contributed by atoms with van der Waals surface area (Å²) in [6, 6.07) is 4.50. The number of ether oxygens (including phenoxy) is 1. The molecule has 2 nitrogen and oxygen atoms in total. The van der Waals surface area contributed by atoms with Gasteiger partial charge in [0.05, 0.1) is 10.9 Å². The van der Waals surface area contributed by atoms with Crippen molar-refractivity contribution in [1.82, 2.24) is 5.32 Å². The highest BCUT2D eigenvalue weighted by Crippen LogP contribution is 2.29. The molecule has 2 unspecified atom stereocenters. The first kappa shape index (κ1) is 13.0. The standard InChI is InChI=1S/C11H18ClNOS/c1-8(9(2)13-6-7-14-3)10-4-5-11(12)15-10/h4-5,8-9,13H,6-7H2,1-3H3. The molecule has 0 aromatic carbocycles. The van der Waals surface area contributed by atoms with Crippen molar-refractivity contribution in [3.63, 3.8) is 0 Å². The first-order valence-electron chi connectivity index (χ1n) is 5.12. The van der Waals surface area contributed by atoms with Crippen LogP contribution in [0.15, 0.2) is 12.1 Å². The average Bonchev–Trinajstić information content (AvgIpc) is 2.64. The van der Waals surface area contributed by atoms with Crippen LogP contribution in [0.2, 0.25) is 4.34 Å². The molecule has 2 atom stereocenters. The van der Waals surface area contributed by atoms with E-state index in [1.807, 2.05) is 6.07 Å². The lowest BCUT2D eigenvalue weighted by Crippen LogP contribution is -2.33. The van der Waals surface area contributed by atoms with E-state index in [1.54, 1.807) is 18.4 Å². The van der Waals surface area contributed by atoms with E-state index in [1.165, 1.54) is 4.88 Å². The van der Waals surface area contributed by atoms with Gasteiger partial charge in [-0.15, -0.1) is 11.3 Å². The Labute approximate surface area is 101 Å². The summed E-state index contributed by atoms with van der Waals surface area (Å²) in [6.07, 6.45) is 0. The third-order valence-corrected chi connectivity index (χ3v) is 4.00. The van der Waals surface area contributed by atoms with E-state index in [4.69, 9.17) is 16.3 Å². The molecule has 0 spiro atoms. The van der Waals surface area contributed by atoms with Crippen molar-refractivity contribution in [2.75, 3.05) is 20.3 Å². The van der Waals surface area contributed by atoms with Crippen LogP contribution >= 0.6 is 22.9 Å². The van der Waals surface area contributed by atoms with Crippen LogP contribution in [-0.4, -0.2) is 26.3 Å². The second kappa shape index (κ2) is 6.48. The second-order valence-corrected chi connectivity index (χ2v) is 5.41. The lowest BCUT2D eigenvalue weighted by Gasteiger charge is -2.20. The van der Waals surface area contributed by atoms with Crippen LogP contribution in [0.4, 0.5) is 0 Å². The normalized spacial score (nSPS) is 15.2. The molecule has 4 heteroatoms. The minimum absolute atomic E-state index is 0.440. The molecular weight excluding hydrogens is 230 g/mol. The third-order valence-electron chi connectivity index (χ3n) is 2.57. The highest BCUT2D eigenvalue weighted by Gasteiger charge is 2.15. The fourth-order valence-electron chi connectivity index (χ4n) is 1.38. The first-order valence-corrected chi connectivity index (χ1v) is 6.32. The zero-order chi connectivity index (χ0) is 11.3. The number of rotatable bonds is 6. The molecule has 0 amide bonds. The summed E-state index contributed by atoms with van der Waals surface area (Å²) in [5, 5.41) is 3.43. The van der Waals surface area contributed by atoms with Gasteiger partial charge >= 0.3 is 0 Å². The number of halogens is 1. The fraction of sp³-hybridized carbons (Fsp3) is 0.636. The summed E-state index contributed by atoms with van der Waals surface area (Å²) >= 11 is 7.57. The minimum atomic E-state index is 0.440.